The molecule has 0 unspecified atom stereocenters. The number of carbonyl (C=O) groups excluding carboxylic acids is 3. The van der Waals surface area contributed by atoms with Crippen LogP contribution in [-0.2, 0) is 6.54 Å². The van der Waals surface area contributed by atoms with E-state index in [1.54, 1.807) is 48.5 Å². The van der Waals surface area contributed by atoms with Crippen LogP contribution in [0.1, 0.15) is 36.6 Å². The Morgan fingerprint density at radius 1 is 0.844 bits per heavy atom. The third kappa shape index (κ3) is 3.59. The highest BCUT2D eigenvalue weighted by Gasteiger charge is 2.35. The summed E-state index contributed by atoms with van der Waals surface area (Å²) < 4.78 is 0. The van der Waals surface area contributed by atoms with Gasteiger partial charge >= 0.3 is 0 Å². The largest absolute Gasteiger partial charge is 0.298 e. The van der Waals surface area contributed by atoms with E-state index in [1.165, 1.54) is 16.2 Å². The Bertz CT molecular complexity index is 1310. The van der Waals surface area contributed by atoms with Crippen LogP contribution in [0.5, 0.6) is 0 Å². The number of amides is 3. The van der Waals surface area contributed by atoms with Crippen LogP contribution in [0.4, 0.5) is 5.13 Å². The first kappa shape index (κ1) is 19.8. The first-order valence-corrected chi connectivity index (χ1v) is 10.9. The third-order valence-electron chi connectivity index (χ3n) is 5.26. The Kier molecular flexibility index (Phi) is 5.09. The lowest BCUT2D eigenvalue weighted by molar-refractivity contribution is 0.0640. The van der Waals surface area contributed by atoms with E-state index >= 15 is 0 Å². The van der Waals surface area contributed by atoms with Gasteiger partial charge < -0.3 is 0 Å². The molecule has 7 heteroatoms. The molecule has 1 aliphatic rings. The molecule has 1 aliphatic heterocycles. The third-order valence-corrected chi connectivity index (χ3v) is 6.02. The molecule has 3 amide bonds. The van der Waals surface area contributed by atoms with Crippen molar-refractivity contribution in [3.05, 3.63) is 106 Å². The lowest BCUT2D eigenvalue weighted by Gasteiger charge is -2.16. The van der Waals surface area contributed by atoms with Gasteiger partial charge in [-0.15, -0.1) is 11.3 Å². The Labute approximate surface area is 188 Å². The highest BCUT2D eigenvalue weighted by Crippen LogP contribution is 2.27. The Hall–Kier alpha value is -4.10. The van der Waals surface area contributed by atoms with Gasteiger partial charge in [-0.1, -0.05) is 60.7 Å². The molecule has 2 heterocycles. The van der Waals surface area contributed by atoms with Gasteiger partial charge in [-0.25, -0.2) is 4.98 Å². The molecule has 156 valence electrons. The van der Waals surface area contributed by atoms with Gasteiger partial charge in [0.2, 0.25) is 0 Å². The van der Waals surface area contributed by atoms with E-state index in [0.717, 1.165) is 11.3 Å². The van der Waals surface area contributed by atoms with Crippen LogP contribution in [-0.4, -0.2) is 27.6 Å². The van der Waals surface area contributed by atoms with Crippen molar-refractivity contribution < 1.29 is 14.4 Å². The molecule has 0 aliphatic carbocycles. The number of nitrogens with zero attached hydrogens (tertiary/aromatic N) is 2. The van der Waals surface area contributed by atoms with E-state index in [1.807, 2.05) is 35.7 Å². The van der Waals surface area contributed by atoms with Gasteiger partial charge in [0.05, 0.1) is 23.4 Å². The number of benzene rings is 3. The zero-order valence-electron chi connectivity index (χ0n) is 16.8. The van der Waals surface area contributed by atoms with Crippen molar-refractivity contribution in [3.8, 4) is 11.3 Å². The molecule has 1 aromatic heterocycles. The smallest absolute Gasteiger partial charge is 0.261 e. The van der Waals surface area contributed by atoms with E-state index in [9.17, 15) is 14.4 Å². The maximum Gasteiger partial charge on any atom is 0.261 e. The standard InChI is InChI=1S/C25H17N3O3S/c29-22(27-25-26-21(15-32-25)16-8-2-1-3-9-16)18-11-5-4-10-17(18)14-28-23(30)19-12-6-7-13-20(19)24(28)31/h1-13,15H,14H2,(H,26,27,29). The number of fused-ring (bicyclic) bond motifs is 1. The second-order valence-electron chi connectivity index (χ2n) is 7.26. The Morgan fingerprint density at radius 2 is 1.47 bits per heavy atom. The van der Waals surface area contributed by atoms with Gasteiger partial charge in [0.1, 0.15) is 0 Å². The van der Waals surface area contributed by atoms with E-state index in [-0.39, 0.29) is 24.3 Å². The zero-order chi connectivity index (χ0) is 22.1. The average Bonchev–Trinajstić information content (AvgIpc) is 3.39. The quantitative estimate of drug-likeness (QED) is 0.451. The molecule has 4 aromatic rings. The first-order chi connectivity index (χ1) is 15.6. The summed E-state index contributed by atoms with van der Waals surface area (Å²) in [6.07, 6.45) is 0. The second-order valence-corrected chi connectivity index (χ2v) is 8.12. The summed E-state index contributed by atoms with van der Waals surface area (Å²) in [5, 5.41) is 5.19. The number of aromatic nitrogens is 1. The molecule has 3 aromatic carbocycles. The minimum absolute atomic E-state index is 0.0169. The van der Waals surface area contributed by atoms with Crippen molar-refractivity contribution in [2.75, 3.05) is 5.32 Å². The van der Waals surface area contributed by atoms with Crippen LogP contribution in [0.25, 0.3) is 11.3 Å². The lowest BCUT2D eigenvalue weighted by Crippen LogP contribution is -2.30. The van der Waals surface area contributed by atoms with Gasteiger partial charge in [0.25, 0.3) is 17.7 Å². The summed E-state index contributed by atoms with van der Waals surface area (Å²) in [6, 6.07) is 23.4. The highest BCUT2D eigenvalue weighted by molar-refractivity contribution is 7.14. The molecule has 5 rings (SSSR count). The number of carbonyl (C=O) groups is 3. The number of hydrogen-bond donors (Lipinski definition) is 1. The van der Waals surface area contributed by atoms with Crippen molar-refractivity contribution in [2.24, 2.45) is 0 Å². The van der Waals surface area contributed by atoms with Gasteiger partial charge in [-0.2, -0.15) is 0 Å². The van der Waals surface area contributed by atoms with Crippen LogP contribution < -0.4 is 5.32 Å². The molecular formula is C25H17N3O3S. The van der Waals surface area contributed by atoms with E-state index in [4.69, 9.17) is 0 Å². The van der Waals surface area contributed by atoms with Crippen molar-refractivity contribution in [3.63, 3.8) is 0 Å². The molecule has 0 radical (unpaired) electrons. The fraction of sp³-hybridized carbons (Fsp3) is 0.0400. The van der Waals surface area contributed by atoms with E-state index in [2.05, 4.69) is 10.3 Å². The van der Waals surface area contributed by atoms with Crippen LogP contribution in [0.15, 0.2) is 84.2 Å². The van der Waals surface area contributed by atoms with Crippen LogP contribution in [0.3, 0.4) is 0 Å². The average molecular weight is 439 g/mol. The zero-order valence-corrected chi connectivity index (χ0v) is 17.6. The van der Waals surface area contributed by atoms with Gasteiger partial charge in [0, 0.05) is 16.5 Å². The summed E-state index contributed by atoms with van der Waals surface area (Å²) in [4.78, 5) is 44.1. The molecule has 0 spiro atoms. The maximum atomic E-state index is 13.0. The number of rotatable bonds is 5. The minimum Gasteiger partial charge on any atom is -0.298 e. The molecular weight excluding hydrogens is 422 g/mol. The van der Waals surface area contributed by atoms with Crippen molar-refractivity contribution in [1.82, 2.24) is 9.88 Å². The SMILES string of the molecule is O=C(Nc1nc(-c2ccccc2)cs1)c1ccccc1CN1C(=O)c2ccccc2C1=O. The number of nitrogens with one attached hydrogen (secondary N) is 1. The summed E-state index contributed by atoms with van der Waals surface area (Å²) in [5.41, 5.74) is 3.49. The highest BCUT2D eigenvalue weighted by atomic mass is 32.1. The van der Waals surface area contributed by atoms with Gasteiger partial charge in [-0.05, 0) is 23.8 Å². The predicted octanol–water partition coefficient (Wildman–Crippen LogP) is 4.86. The van der Waals surface area contributed by atoms with E-state index < -0.39 is 0 Å². The van der Waals surface area contributed by atoms with Crippen LogP contribution in [0, 0.1) is 0 Å². The van der Waals surface area contributed by atoms with Crippen molar-refractivity contribution >= 4 is 34.2 Å². The number of thiazole rings is 1. The van der Waals surface area contributed by atoms with E-state index in [0.29, 0.717) is 27.4 Å². The Morgan fingerprint density at radius 3 is 2.19 bits per heavy atom. The Balaban J connectivity index is 1.36. The molecule has 1 N–H and O–H groups in total. The summed E-state index contributed by atoms with van der Waals surface area (Å²) in [6.45, 7) is 0.0169. The summed E-state index contributed by atoms with van der Waals surface area (Å²) >= 11 is 1.34. The predicted molar refractivity (Wildman–Crippen MR) is 123 cm³/mol. The number of anilines is 1. The summed E-state index contributed by atoms with van der Waals surface area (Å²) in [5.74, 6) is -1.05. The van der Waals surface area contributed by atoms with Crippen LogP contribution >= 0.6 is 11.3 Å². The fourth-order valence-electron chi connectivity index (χ4n) is 3.67. The van der Waals surface area contributed by atoms with Crippen molar-refractivity contribution in [1.29, 1.82) is 0 Å². The molecule has 0 saturated carbocycles. The van der Waals surface area contributed by atoms with Gasteiger partial charge in [0.15, 0.2) is 5.13 Å². The fourth-order valence-corrected chi connectivity index (χ4v) is 4.38. The molecule has 0 atom stereocenters. The first-order valence-electron chi connectivity index (χ1n) is 9.97. The lowest BCUT2D eigenvalue weighted by atomic mass is 10.1. The van der Waals surface area contributed by atoms with Crippen LogP contribution in [0.2, 0.25) is 0 Å². The molecule has 32 heavy (non-hydrogen) atoms. The van der Waals surface area contributed by atoms with Crippen molar-refractivity contribution in [2.45, 2.75) is 6.54 Å². The normalized spacial score (nSPS) is 12.7. The summed E-state index contributed by atoms with van der Waals surface area (Å²) in [7, 11) is 0. The molecule has 6 nitrogen and oxygen atoms in total. The monoisotopic (exact) mass is 439 g/mol. The maximum absolute atomic E-state index is 13.0. The molecule has 0 saturated heterocycles. The second kappa shape index (κ2) is 8.20. The van der Waals surface area contributed by atoms with Gasteiger partial charge in [-0.3, -0.25) is 24.6 Å². The molecule has 0 bridgehead atoms. The minimum atomic E-state index is -0.353. The molecule has 0 fully saturated rings. The number of hydrogen-bond acceptors (Lipinski definition) is 5. The number of imide groups is 1. The topological polar surface area (TPSA) is 79.4 Å².